The summed E-state index contributed by atoms with van der Waals surface area (Å²) in [5, 5.41) is 5.88. The van der Waals surface area contributed by atoms with E-state index in [0.29, 0.717) is 18.5 Å². The van der Waals surface area contributed by atoms with Gasteiger partial charge in [0.15, 0.2) is 11.6 Å². The molecule has 0 spiro atoms. The maximum atomic E-state index is 13.5. The van der Waals surface area contributed by atoms with Gasteiger partial charge in [0.25, 0.3) is 0 Å². The van der Waals surface area contributed by atoms with Crippen LogP contribution in [-0.2, 0) is 16.1 Å². The van der Waals surface area contributed by atoms with Gasteiger partial charge in [-0.2, -0.15) is 0 Å². The molecule has 118 valence electrons. The monoisotopic (exact) mass is 318 g/mol. The Kier molecular flexibility index (Phi) is 6.87. The number of hydrogen-bond acceptors (Lipinski definition) is 4. The van der Waals surface area contributed by atoms with Crippen molar-refractivity contribution in [3.05, 3.63) is 29.6 Å². The zero-order valence-corrected chi connectivity index (χ0v) is 12.8. The molecule has 1 fully saturated rings. The van der Waals surface area contributed by atoms with Crippen LogP contribution in [0.4, 0.5) is 4.39 Å². The van der Waals surface area contributed by atoms with Crippen molar-refractivity contribution in [1.82, 2.24) is 10.6 Å². The lowest BCUT2D eigenvalue weighted by atomic mass is 10.1. The third kappa shape index (κ3) is 4.56. The summed E-state index contributed by atoms with van der Waals surface area (Å²) in [5.74, 6) is -0.334. The average Bonchev–Trinajstić information content (AvgIpc) is 2.94. The van der Waals surface area contributed by atoms with Crippen LogP contribution in [0.3, 0.4) is 0 Å². The highest BCUT2D eigenvalue weighted by atomic mass is 35.5. The molecule has 0 bridgehead atoms. The summed E-state index contributed by atoms with van der Waals surface area (Å²) in [6, 6.07) is 4.38. The summed E-state index contributed by atoms with van der Waals surface area (Å²) < 4.78 is 23.5. The van der Waals surface area contributed by atoms with E-state index in [1.807, 2.05) is 0 Å². The molecular formula is C14H20ClFN2O3. The van der Waals surface area contributed by atoms with Crippen LogP contribution in [-0.4, -0.2) is 38.8 Å². The molecule has 1 saturated heterocycles. The minimum absolute atomic E-state index is 0. The molecule has 0 radical (unpaired) electrons. The van der Waals surface area contributed by atoms with Gasteiger partial charge in [-0.25, -0.2) is 4.39 Å². The molecule has 5 nitrogen and oxygen atoms in total. The minimum atomic E-state index is -0.433. The van der Waals surface area contributed by atoms with E-state index in [-0.39, 0.29) is 42.8 Å². The zero-order valence-electron chi connectivity index (χ0n) is 12.0. The molecule has 1 aliphatic rings. The van der Waals surface area contributed by atoms with Crippen molar-refractivity contribution < 1.29 is 18.7 Å². The summed E-state index contributed by atoms with van der Waals surface area (Å²) >= 11 is 0. The van der Waals surface area contributed by atoms with Gasteiger partial charge in [-0.3, -0.25) is 4.79 Å². The molecule has 0 aliphatic carbocycles. The molecular weight excluding hydrogens is 299 g/mol. The fourth-order valence-electron chi connectivity index (χ4n) is 2.21. The van der Waals surface area contributed by atoms with Crippen LogP contribution in [0.2, 0.25) is 0 Å². The number of benzene rings is 1. The third-order valence-electron chi connectivity index (χ3n) is 3.42. The molecule has 1 aromatic rings. The van der Waals surface area contributed by atoms with Crippen molar-refractivity contribution in [2.24, 2.45) is 0 Å². The van der Waals surface area contributed by atoms with Crippen LogP contribution in [0, 0.1) is 5.82 Å². The predicted octanol–water partition coefficient (Wildman–Crippen LogP) is 1.25. The average molecular weight is 319 g/mol. The number of rotatable bonds is 5. The molecule has 1 aliphatic heterocycles. The topological polar surface area (TPSA) is 59.6 Å². The summed E-state index contributed by atoms with van der Waals surface area (Å²) in [4.78, 5) is 11.9. The number of ether oxygens (including phenoxy) is 2. The number of nitrogens with one attached hydrogen (secondary N) is 2. The van der Waals surface area contributed by atoms with Gasteiger partial charge in [0.05, 0.1) is 19.3 Å². The van der Waals surface area contributed by atoms with E-state index in [4.69, 9.17) is 9.47 Å². The quantitative estimate of drug-likeness (QED) is 0.858. The number of carbonyl (C=O) groups excluding carboxylic acids is 1. The summed E-state index contributed by atoms with van der Waals surface area (Å²) in [6.07, 6.45) is 0.725. The maximum Gasteiger partial charge on any atom is 0.237 e. The van der Waals surface area contributed by atoms with E-state index in [9.17, 15) is 9.18 Å². The van der Waals surface area contributed by atoms with E-state index >= 15 is 0 Å². The standard InChI is InChI=1S/C14H19FN2O3.ClH/c1-19-10-6-12(16-8-10)14(18)17-7-9-3-4-13(20-2)11(15)5-9;/h3-5,10,12,16H,6-8H2,1-2H3,(H,17,18);1H/t10-,12-;/m0./s1. The molecule has 21 heavy (non-hydrogen) atoms. The Hall–Kier alpha value is -1.37. The SMILES string of the molecule is COc1ccc(CNC(=O)[C@@H]2C[C@H](OC)CN2)cc1F.Cl. The van der Waals surface area contributed by atoms with Crippen molar-refractivity contribution in [1.29, 1.82) is 0 Å². The smallest absolute Gasteiger partial charge is 0.237 e. The second kappa shape index (κ2) is 8.17. The molecule has 1 amide bonds. The van der Waals surface area contributed by atoms with E-state index < -0.39 is 5.82 Å². The molecule has 1 aromatic carbocycles. The van der Waals surface area contributed by atoms with Gasteiger partial charge < -0.3 is 20.1 Å². The number of hydrogen-bond donors (Lipinski definition) is 2. The van der Waals surface area contributed by atoms with Crippen molar-refractivity contribution in [3.8, 4) is 5.75 Å². The first kappa shape index (κ1) is 17.7. The number of halogens is 2. The molecule has 0 unspecified atom stereocenters. The lowest BCUT2D eigenvalue weighted by Crippen LogP contribution is -2.40. The second-order valence-electron chi connectivity index (χ2n) is 4.74. The molecule has 7 heteroatoms. The zero-order chi connectivity index (χ0) is 14.5. The first-order chi connectivity index (χ1) is 9.63. The Morgan fingerprint density at radius 1 is 1.48 bits per heavy atom. The summed E-state index contributed by atoms with van der Waals surface area (Å²) in [5.41, 5.74) is 0.693. The van der Waals surface area contributed by atoms with Gasteiger partial charge in [0.2, 0.25) is 5.91 Å². The van der Waals surface area contributed by atoms with Crippen LogP contribution in [0.25, 0.3) is 0 Å². The Balaban J connectivity index is 0.00000220. The van der Waals surface area contributed by atoms with Gasteiger partial charge in [-0.1, -0.05) is 6.07 Å². The number of amides is 1. The van der Waals surface area contributed by atoms with Crippen LogP contribution < -0.4 is 15.4 Å². The van der Waals surface area contributed by atoms with Crippen molar-refractivity contribution >= 4 is 18.3 Å². The highest BCUT2D eigenvalue weighted by Crippen LogP contribution is 2.17. The van der Waals surface area contributed by atoms with Gasteiger partial charge >= 0.3 is 0 Å². The fourth-order valence-corrected chi connectivity index (χ4v) is 2.21. The van der Waals surface area contributed by atoms with E-state index in [1.165, 1.54) is 13.2 Å². The third-order valence-corrected chi connectivity index (χ3v) is 3.42. The van der Waals surface area contributed by atoms with Crippen LogP contribution in [0.1, 0.15) is 12.0 Å². The van der Waals surface area contributed by atoms with Crippen LogP contribution >= 0.6 is 12.4 Å². The van der Waals surface area contributed by atoms with Crippen LogP contribution in [0.15, 0.2) is 18.2 Å². The Morgan fingerprint density at radius 3 is 2.81 bits per heavy atom. The van der Waals surface area contributed by atoms with E-state index in [1.54, 1.807) is 19.2 Å². The molecule has 0 aromatic heterocycles. The summed E-state index contributed by atoms with van der Waals surface area (Å²) in [7, 11) is 3.05. The fraction of sp³-hybridized carbons (Fsp3) is 0.500. The van der Waals surface area contributed by atoms with Crippen LogP contribution in [0.5, 0.6) is 5.75 Å². The highest BCUT2D eigenvalue weighted by molar-refractivity contribution is 5.85. The molecule has 0 saturated carbocycles. The lowest BCUT2D eigenvalue weighted by molar-refractivity contribution is -0.123. The maximum absolute atomic E-state index is 13.5. The molecule has 2 rings (SSSR count). The van der Waals surface area contributed by atoms with Crippen molar-refractivity contribution in [2.45, 2.75) is 25.1 Å². The van der Waals surface area contributed by atoms with E-state index in [2.05, 4.69) is 10.6 Å². The second-order valence-corrected chi connectivity index (χ2v) is 4.74. The first-order valence-electron chi connectivity index (χ1n) is 6.50. The van der Waals surface area contributed by atoms with Gasteiger partial charge in [0, 0.05) is 20.2 Å². The molecule has 1 heterocycles. The lowest BCUT2D eigenvalue weighted by Gasteiger charge is -2.12. The Labute approximate surface area is 129 Å². The van der Waals surface area contributed by atoms with Gasteiger partial charge in [-0.15, -0.1) is 12.4 Å². The van der Waals surface area contributed by atoms with Gasteiger partial charge in [-0.05, 0) is 24.1 Å². The normalized spacial score (nSPS) is 20.7. The largest absolute Gasteiger partial charge is 0.494 e. The van der Waals surface area contributed by atoms with Crippen molar-refractivity contribution in [3.63, 3.8) is 0 Å². The first-order valence-corrected chi connectivity index (χ1v) is 6.50. The molecule has 2 atom stereocenters. The molecule has 2 N–H and O–H groups in total. The Morgan fingerprint density at radius 2 is 2.24 bits per heavy atom. The summed E-state index contributed by atoms with van der Waals surface area (Å²) in [6.45, 7) is 0.960. The Bertz CT molecular complexity index is 487. The van der Waals surface area contributed by atoms with Gasteiger partial charge in [0.1, 0.15) is 0 Å². The predicted molar refractivity (Wildman–Crippen MR) is 79.3 cm³/mol. The highest BCUT2D eigenvalue weighted by Gasteiger charge is 2.28. The minimum Gasteiger partial charge on any atom is -0.494 e. The number of carbonyl (C=O) groups is 1. The van der Waals surface area contributed by atoms with Crippen molar-refractivity contribution in [2.75, 3.05) is 20.8 Å². The number of methoxy groups -OCH3 is 2. The van der Waals surface area contributed by atoms with E-state index in [0.717, 1.165) is 0 Å².